The minimum Gasteiger partial charge on any atom is -0.462 e. The van der Waals surface area contributed by atoms with Crippen molar-refractivity contribution in [3.8, 4) is 5.75 Å². The van der Waals surface area contributed by atoms with Crippen LogP contribution in [0.5, 0.6) is 5.75 Å². The molecule has 0 atom stereocenters. The number of aryl methyl sites for hydroxylation is 2. The van der Waals surface area contributed by atoms with Gasteiger partial charge in [0.25, 0.3) is 0 Å². The van der Waals surface area contributed by atoms with Gasteiger partial charge in [-0.1, -0.05) is 19.1 Å². The predicted molar refractivity (Wildman–Crippen MR) is 73.9 cm³/mol. The highest BCUT2D eigenvalue weighted by Crippen LogP contribution is 2.13. The molecule has 0 amide bonds. The van der Waals surface area contributed by atoms with Crippen LogP contribution >= 0.6 is 0 Å². The molecule has 1 heterocycles. The zero-order chi connectivity index (χ0) is 13.7. The third-order valence-electron chi connectivity index (χ3n) is 2.69. The van der Waals surface area contributed by atoms with E-state index in [1.807, 2.05) is 25.1 Å². The van der Waals surface area contributed by atoms with Gasteiger partial charge < -0.3 is 9.15 Å². The third kappa shape index (κ3) is 3.85. The number of hydrogen-bond acceptors (Lipinski definition) is 3. The Morgan fingerprint density at radius 2 is 1.95 bits per heavy atom. The summed E-state index contributed by atoms with van der Waals surface area (Å²) in [5.74, 6) is 1.57. The van der Waals surface area contributed by atoms with Crippen molar-refractivity contribution in [3.05, 3.63) is 59.6 Å². The molecule has 19 heavy (non-hydrogen) atoms. The van der Waals surface area contributed by atoms with Gasteiger partial charge in [-0.25, -0.2) is 4.79 Å². The van der Waals surface area contributed by atoms with Crippen molar-refractivity contribution in [2.45, 2.75) is 20.3 Å². The monoisotopic (exact) mass is 256 g/mol. The molecule has 0 spiro atoms. The summed E-state index contributed by atoms with van der Waals surface area (Å²) < 4.78 is 10.5. The Balaban J connectivity index is 1.95. The van der Waals surface area contributed by atoms with E-state index in [1.54, 1.807) is 24.3 Å². The van der Waals surface area contributed by atoms with Gasteiger partial charge in [-0.05, 0) is 49.2 Å². The molecule has 0 aliphatic heterocycles. The van der Waals surface area contributed by atoms with E-state index < -0.39 is 5.97 Å². The van der Waals surface area contributed by atoms with Gasteiger partial charge in [0.15, 0.2) is 0 Å². The van der Waals surface area contributed by atoms with E-state index in [1.165, 1.54) is 11.6 Å². The average Bonchev–Trinajstić information content (AvgIpc) is 2.83. The molecule has 0 radical (unpaired) electrons. The number of carbonyl (C=O) groups is 1. The van der Waals surface area contributed by atoms with E-state index in [4.69, 9.17) is 9.15 Å². The number of hydrogen-bond donors (Lipinski definition) is 0. The van der Waals surface area contributed by atoms with E-state index in [2.05, 4.69) is 6.92 Å². The maximum Gasteiger partial charge on any atom is 0.336 e. The fourth-order valence-corrected chi connectivity index (χ4v) is 1.64. The lowest BCUT2D eigenvalue weighted by molar-refractivity contribution is -0.128. The molecule has 0 unspecified atom stereocenters. The molecule has 3 nitrogen and oxygen atoms in total. The zero-order valence-electron chi connectivity index (χ0n) is 11.1. The maximum atomic E-state index is 11.6. The molecule has 0 aliphatic rings. The standard InChI is InChI=1S/C16H16O3/c1-3-13-5-8-15(9-6-13)19-16(17)11-10-14-7-4-12(2)18-14/h4-11H,3H2,1-2H3/b11-10+. The van der Waals surface area contributed by atoms with Crippen LogP contribution in [0, 0.1) is 6.92 Å². The van der Waals surface area contributed by atoms with Crippen molar-refractivity contribution >= 4 is 12.0 Å². The first-order valence-electron chi connectivity index (χ1n) is 6.22. The molecular formula is C16H16O3. The van der Waals surface area contributed by atoms with Crippen LogP contribution in [0.2, 0.25) is 0 Å². The number of ether oxygens (including phenoxy) is 1. The smallest absolute Gasteiger partial charge is 0.336 e. The van der Waals surface area contributed by atoms with Crippen LogP contribution in [0.1, 0.15) is 24.0 Å². The Bertz CT molecular complexity index is 576. The summed E-state index contributed by atoms with van der Waals surface area (Å²) in [7, 11) is 0. The number of benzene rings is 1. The first-order valence-corrected chi connectivity index (χ1v) is 6.22. The van der Waals surface area contributed by atoms with Gasteiger partial charge in [-0.15, -0.1) is 0 Å². The van der Waals surface area contributed by atoms with E-state index in [-0.39, 0.29) is 0 Å². The normalized spacial score (nSPS) is 10.8. The van der Waals surface area contributed by atoms with Gasteiger partial charge in [-0.3, -0.25) is 0 Å². The fourth-order valence-electron chi connectivity index (χ4n) is 1.64. The van der Waals surface area contributed by atoms with Gasteiger partial charge in [0.05, 0.1) is 0 Å². The number of furan rings is 1. The number of carbonyl (C=O) groups excluding carboxylic acids is 1. The molecule has 0 saturated carbocycles. The van der Waals surface area contributed by atoms with Crippen LogP contribution in [0.4, 0.5) is 0 Å². The quantitative estimate of drug-likeness (QED) is 0.475. The Kier molecular flexibility index (Phi) is 4.18. The Labute approximate surface area is 112 Å². The van der Waals surface area contributed by atoms with E-state index in [0.29, 0.717) is 11.5 Å². The summed E-state index contributed by atoms with van der Waals surface area (Å²) in [6.45, 7) is 3.93. The summed E-state index contributed by atoms with van der Waals surface area (Å²) in [5.41, 5.74) is 1.21. The van der Waals surface area contributed by atoms with Crippen molar-refractivity contribution in [1.29, 1.82) is 0 Å². The summed E-state index contributed by atoms with van der Waals surface area (Å²) in [6.07, 6.45) is 3.91. The van der Waals surface area contributed by atoms with E-state index in [9.17, 15) is 4.79 Å². The third-order valence-corrected chi connectivity index (χ3v) is 2.69. The molecule has 0 saturated heterocycles. The molecule has 3 heteroatoms. The highest BCUT2D eigenvalue weighted by atomic mass is 16.5. The lowest BCUT2D eigenvalue weighted by Gasteiger charge is -2.02. The molecule has 2 rings (SSSR count). The van der Waals surface area contributed by atoms with Crippen molar-refractivity contribution in [2.24, 2.45) is 0 Å². The van der Waals surface area contributed by atoms with Crippen LogP contribution in [-0.2, 0) is 11.2 Å². The van der Waals surface area contributed by atoms with Crippen molar-refractivity contribution in [2.75, 3.05) is 0 Å². The largest absolute Gasteiger partial charge is 0.462 e. The Hall–Kier alpha value is -2.29. The molecule has 0 fully saturated rings. The summed E-state index contributed by atoms with van der Waals surface area (Å²) in [5, 5.41) is 0. The molecule has 2 aromatic rings. The minimum absolute atomic E-state index is 0.418. The summed E-state index contributed by atoms with van der Waals surface area (Å²) >= 11 is 0. The zero-order valence-corrected chi connectivity index (χ0v) is 11.1. The van der Waals surface area contributed by atoms with E-state index >= 15 is 0 Å². The Morgan fingerprint density at radius 1 is 1.21 bits per heavy atom. The van der Waals surface area contributed by atoms with Crippen molar-refractivity contribution in [3.63, 3.8) is 0 Å². The second kappa shape index (κ2) is 6.05. The summed E-state index contributed by atoms with van der Waals surface area (Å²) in [4.78, 5) is 11.6. The molecule has 0 aliphatic carbocycles. The molecular weight excluding hydrogens is 240 g/mol. The second-order valence-electron chi connectivity index (χ2n) is 4.20. The lowest BCUT2D eigenvalue weighted by Crippen LogP contribution is -2.03. The first kappa shape index (κ1) is 13.1. The minimum atomic E-state index is -0.418. The predicted octanol–water partition coefficient (Wildman–Crippen LogP) is 3.77. The highest BCUT2D eigenvalue weighted by molar-refractivity contribution is 5.88. The maximum absolute atomic E-state index is 11.6. The Morgan fingerprint density at radius 3 is 2.53 bits per heavy atom. The van der Waals surface area contributed by atoms with Gasteiger partial charge in [0.2, 0.25) is 0 Å². The number of rotatable bonds is 4. The van der Waals surface area contributed by atoms with Gasteiger partial charge in [-0.2, -0.15) is 0 Å². The summed E-state index contributed by atoms with van der Waals surface area (Å²) in [6, 6.07) is 11.1. The van der Waals surface area contributed by atoms with Gasteiger partial charge in [0.1, 0.15) is 17.3 Å². The topological polar surface area (TPSA) is 39.4 Å². The van der Waals surface area contributed by atoms with Crippen LogP contribution in [0.3, 0.4) is 0 Å². The molecule has 0 bridgehead atoms. The highest BCUT2D eigenvalue weighted by Gasteiger charge is 2.01. The lowest BCUT2D eigenvalue weighted by atomic mass is 10.2. The average molecular weight is 256 g/mol. The van der Waals surface area contributed by atoms with Crippen molar-refractivity contribution in [1.82, 2.24) is 0 Å². The van der Waals surface area contributed by atoms with Gasteiger partial charge >= 0.3 is 5.97 Å². The van der Waals surface area contributed by atoms with E-state index in [0.717, 1.165) is 12.2 Å². The SMILES string of the molecule is CCc1ccc(OC(=O)/C=C/c2ccc(C)o2)cc1. The van der Waals surface area contributed by atoms with Crippen LogP contribution in [-0.4, -0.2) is 5.97 Å². The van der Waals surface area contributed by atoms with Crippen LogP contribution < -0.4 is 4.74 Å². The molecule has 98 valence electrons. The van der Waals surface area contributed by atoms with Crippen LogP contribution in [0.25, 0.3) is 6.08 Å². The number of esters is 1. The molecule has 1 aromatic carbocycles. The molecule has 0 N–H and O–H groups in total. The van der Waals surface area contributed by atoms with Crippen molar-refractivity contribution < 1.29 is 13.9 Å². The fraction of sp³-hybridized carbons (Fsp3) is 0.188. The van der Waals surface area contributed by atoms with Crippen LogP contribution in [0.15, 0.2) is 46.9 Å². The molecule has 1 aromatic heterocycles. The first-order chi connectivity index (χ1) is 9.17. The second-order valence-corrected chi connectivity index (χ2v) is 4.20. The van der Waals surface area contributed by atoms with Gasteiger partial charge in [0, 0.05) is 6.08 Å².